The van der Waals surface area contributed by atoms with E-state index in [4.69, 9.17) is 0 Å². The van der Waals surface area contributed by atoms with E-state index in [0.29, 0.717) is 17.5 Å². The predicted molar refractivity (Wildman–Crippen MR) is 148 cm³/mol. The first-order valence-electron chi connectivity index (χ1n) is 12.3. The summed E-state index contributed by atoms with van der Waals surface area (Å²) < 4.78 is 14.4. The summed E-state index contributed by atoms with van der Waals surface area (Å²) >= 11 is 0. The Hall–Kier alpha value is -3.79. The third-order valence-corrected chi connectivity index (χ3v) is 6.87. The molecule has 0 spiro atoms. The molecule has 3 nitrogen and oxygen atoms in total. The van der Waals surface area contributed by atoms with Gasteiger partial charge in [0.05, 0.1) is 5.83 Å². The molecular weight excluding hydrogens is 654 g/mol. The summed E-state index contributed by atoms with van der Waals surface area (Å²) in [5.74, 6) is -0.313. The number of fused-ring (bicyclic) bond motifs is 1. The fraction of sp³-hybridized carbons (Fsp3) is 0.121. The standard InChI is InChI=1S/C18H15FN.C15H12O2.Ir/c1-18(2)13-7-3-5-11-9-10-20-17(15(11)13)12-6-4-8-14(19)16(12)18;16-14(12-7-3-1-4-8-12)11-15(17)13-9-5-2-6-10-13;/h3,5-10H,4H2,1-2H3;1-11,16H;/q-1;;/b;14-11-;. The monoisotopic (exact) mass is 681 g/mol. The molecule has 0 aliphatic heterocycles. The number of aliphatic hydroxyl groups excluding tert-OH is 1. The van der Waals surface area contributed by atoms with Gasteiger partial charge in [-0.1, -0.05) is 111 Å². The number of aliphatic hydroxyl groups is 1. The fourth-order valence-electron chi connectivity index (χ4n) is 5.06. The number of aromatic nitrogens is 1. The van der Waals surface area contributed by atoms with Crippen molar-refractivity contribution in [2.45, 2.75) is 25.7 Å². The van der Waals surface area contributed by atoms with Gasteiger partial charge in [0.2, 0.25) is 0 Å². The maximum atomic E-state index is 14.4. The molecule has 2 aliphatic carbocycles. The Morgan fingerprint density at radius 3 is 2.29 bits per heavy atom. The van der Waals surface area contributed by atoms with E-state index in [1.807, 2.05) is 42.6 Å². The molecule has 0 unspecified atom stereocenters. The third-order valence-electron chi connectivity index (χ3n) is 6.87. The average molecular weight is 681 g/mol. The van der Waals surface area contributed by atoms with Crippen LogP contribution < -0.4 is 0 Å². The second-order valence-electron chi connectivity index (χ2n) is 9.59. The Labute approximate surface area is 235 Å². The summed E-state index contributed by atoms with van der Waals surface area (Å²) in [6, 6.07) is 26.1. The zero-order valence-electron chi connectivity index (χ0n) is 21.1. The first-order valence-corrected chi connectivity index (χ1v) is 12.3. The Balaban J connectivity index is 0.000000175. The maximum Gasteiger partial charge on any atom is 0.189 e. The number of nitrogens with zero attached hydrogens (tertiary/aromatic N) is 1. The van der Waals surface area contributed by atoms with Crippen LogP contribution in [-0.4, -0.2) is 15.9 Å². The van der Waals surface area contributed by atoms with Gasteiger partial charge in [-0.15, -0.1) is 5.57 Å². The number of carbonyl (C=O) groups is 1. The number of carbonyl (C=O) groups excluding carboxylic acids is 1. The van der Waals surface area contributed by atoms with E-state index in [1.54, 1.807) is 42.5 Å². The van der Waals surface area contributed by atoms with Crippen LogP contribution in [0.1, 0.15) is 47.4 Å². The van der Waals surface area contributed by atoms with Gasteiger partial charge in [-0.05, 0) is 27.9 Å². The van der Waals surface area contributed by atoms with Gasteiger partial charge in [-0.25, -0.2) is 4.39 Å². The topological polar surface area (TPSA) is 50.2 Å². The van der Waals surface area contributed by atoms with Gasteiger partial charge in [-0.3, -0.25) is 4.79 Å². The summed E-state index contributed by atoms with van der Waals surface area (Å²) in [7, 11) is 0. The molecule has 0 bridgehead atoms. The molecule has 6 rings (SSSR count). The van der Waals surface area contributed by atoms with Gasteiger partial charge in [0, 0.05) is 43.5 Å². The van der Waals surface area contributed by atoms with Crippen molar-refractivity contribution >= 4 is 27.9 Å². The number of pyridine rings is 1. The molecule has 38 heavy (non-hydrogen) atoms. The smallest absolute Gasteiger partial charge is 0.189 e. The van der Waals surface area contributed by atoms with E-state index in [9.17, 15) is 14.3 Å². The first-order chi connectivity index (χ1) is 17.9. The molecule has 1 N–H and O–H groups in total. The molecule has 1 radical (unpaired) electrons. The molecule has 1 heterocycles. The van der Waals surface area contributed by atoms with E-state index >= 15 is 0 Å². The Kier molecular flexibility index (Phi) is 8.11. The molecular formula is C33H27FIrNO2-. The predicted octanol–water partition coefficient (Wildman–Crippen LogP) is 8.21. The van der Waals surface area contributed by atoms with E-state index < -0.39 is 0 Å². The Morgan fingerprint density at radius 1 is 0.947 bits per heavy atom. The van der Waals surface area contributed by atoms with Crippen LogP contribution in [-0.2, 0) is 25.5 Å². The van der Waals surface area contributed by atoms with Crippen molar-refractivity contribution in [3.05, 3.63) is 143 Å². The summed E-state index contributed by atoms with van der Waals surface area (Å²) in [4.78, 5) is 16.3. The average Bonchev–Trinajstić information content (AvgIpc) is 2.93. The minimum Gasteiger partial charge on any atom is -0.507 e. The number of hydrogen-bond donors (Lipinski definition) is 1. The minimum atomic E-state index is -0.331. The number of halogens is 1. The molecule has 3 aromatic carbocycles. The molecule has 0 amide bonds. The molecule has 0 fully saturated rings. The molecule has 5 heteroatoms. The first kappa shape index (κ1) is 27.2. The fourth-order valence-corrected chi connectivity index (χ4v) is 5.06. The van der Waals surface area contributed by atoms with E-state index in [2.05, 4.69) is 37.4 Å². The van der Waals surface area contributed by atoms with Gasteiger partial charge in [-0.2, -0.15) is 12.0 Å². The second kappa shape index (κ2) is 11.3. The quantitative estimate of drug-likeness (QED) is 0.103. The van der Waals surface area contributed by atoms with Crippen molar-refractivity contribution in [3.63, 3.8) is 0 Å². The zero-order valence-corrected chi connectivity index (χ0v) is 23.5. The van der Waals surface area contributed by atoms with Crippen LogP contribution in [0.25, 0.3) is 22.1 Å². The van der Waals surface area contributed by atoms with Crippen LogP contribution in [0, 0.1) is 6.42 Å². The molecule has 4 aromatic rings. The maximum absolute atomic E-state index is 14.4. The van der Waals surface area contributed by atoms with E-state index in [1.165, 1.54) is 16.8 Å². The summed E-state index contributed by atoms with van der Waals surface area (Å²) in [5, 5.41) is 12.1. The third kappa shape index (κ3) is 5.13. The number of ketones is 1. The molecule has 193 valence electrons. The van der Waals surface area contributed by atoms with Crippen LogP contribution >= 0.6 is 0 Å². The van der Waals surface area contributed by atoms with Crippen molar-refractivity contribution < 1.29 is 34.4 Å². The molecule has 0 saturated carbocycles. The van der Waals surface area contributed by atoms with Crippen LogP contribution in [0.5, 0.6) is 0 Å². The van der Waals surface area contributed by atoms with Gasteiger partial charge < -0.3 is 10.1 Å². The Bertz CT molecular complexity index is 1570. The molecule has 2 aliphatic rings. The summed E-state index contributed by atoms with van der Waals surface area (Å²) in [6.45, 7) is 4.19. The zero-order chi connectivity index (χ0) is 26.0. The van der Waals surface area contributed by atoms with Crippen molar-refractivity contribution in [2.24, 2.45) is 0 Å². The normalized spacial score (nSPS) is 15.2. The van der Waals surface area contributed by atoms with Crippen molar-refractivity contribution in [3.8, 4) is 0 Å². The molecule has 0 saturated heterocycles. The van der Waals surface area contributed by atoms with Gasteiger partial charge in [0.15, 0.2) is 5.78 Å². The van der Waals surface area contributed by atoms with Gasteiger partial charge in [0.1, 0.15) is 5.76 Å². The summed E-state index contributed by atoms with van der Waals surface area (Å²) in [5.41, 5.74) is 4.71. The minimum absolute atomic E-state index is 0. The van der Waals surface area contributed by atoms with Gasteiger partial charge in [0.25, 0.3) is 0 Å². The second-order valence-corrected chi connectivity index (χ2v) is 9.59. The number of allylic oxidation sites excluding steroid dienone is 5. The summed E-state index contributed by atoms with van der Waals surface area (Å²) in [6.07, 6.45) is 7.45. The Morgan fingerprint density at radius 2 is 1.61 bits per heavy atom. The van der Waals surface area contributed by atoms with Crippen molar-refractivity contribution in [2.75, 3.05) is 0 Å². The van der Waals surface area contributed by atoms with Crippen LogP contribution in [0.2, 0.25) is 0 Å². The number of benzene rings is 3. The largest absolute Gasteiger partial charge is 0.507 e. The SMILES string of the molecule is CC1(C)C2=C([CH-]CC=C2F)c2nccc3cccc1c23.O=C(/C=C(\O)c1ccccc1)c1ccccc1.[Ir]. The molecule has 1 aromatic heterocycles. The van der Waals surface area contributed by atoms with Crippen LogP contribution in [0.3, 0.4) is 0 Å². The van der Waals surface area contributed by atoms with E-state index in [-0.39, 0.29) is 42.9 Å². The van der Waals surface area contributed by atoms with Crippen LogP contribution in [0.15, 0.2) is 115 Å². The number of hydrogen-bond acceptors (Lipinski definition) is 3. The van der Waals surface area contributed by atoms with Crippen molar-refractivity contribution in [1.82, 2.24) is 4.98 Å². The van der Waals surface area contributed by atoms with Gasteiger partial charge >= 0.3 is 0 Å². The van der Waals surface area contributed by atoms with Crippen molar-refractivity contribution in [1.29, 1.82) is 0 Å². The molecule has 0 atom stereocenters. The number of rotatable bonds is 3. The van der Waals surface area contributed by atoms with E-state index in [0.717, 1.165) is 22.4 Å². The van der Waals surface area contributed by atoms with Crippen LogP contribution in [0.4, 0.5) is 4.39 Å².